The van der Waals surface area contributed by atoms with Crippen molar-refractivity contribution in [1.29, 1.82) is 0 Å². The molecule has 0 aliphatic rings. The Balaban J connectivity index is 1.94. The Bertz CT molecular complexity index is 520. The van der Waals surface area contributed by atoms with E-state index >= 15 is 0 Å². The third-order valence-corrected chi connectivity index (χ3v) is 3.73. The maximum Gasteiger partial charge on any atom is 0.0294 e. The Morgan fingerprint density at radius 2 is 1.50 bits per heavy atom. The van der Waals surface area contributed by atoms with Crippen LogP contribution in [0.3, 0.4) is 0 Å². The first kappa shape index (κ1) is 14.8. The van der Waals surface area contributed by atoms with Gasteiger partial charge in [-0.3, -0.25) is 0 Å². The molecule has 0 bridgehead atoms. The molecule has 0 spiro atoms. The van der Waals surface area contributed by atoms with Crippen molar-refractivity contribution >= 4 is 0 Å². The predicted molar refractivity (Wildman–Crippen MR) is 86.8 cm³/mol. The largest absolute Gasteiger partial charge is 0.306 e. The fourth-order valence-corrected chi connectivity index (χ4v) is 2.25. The maximum atomic E-state index is 3.57. The van der Waals surface area contributed by atoms with Crippen LogP contribution in [-0.2, 0) is 12.0 Å². The lowest BCUT2D eigenvalue weighted by atomic mass is 9.87. The molecule has 1 atom stereocenters. The minimum atomic E-state index is 0.225. The summed E-state index contributed by atoms with van der Waals surface area (Å²) < 4.78 is 0. The first-order valence-electron chi connectivity index (χ1n) is 7.34. The fraction of sp³-hybridized carbons (Fsp3) is 0.368. The molecular weight excluding hydrogens is 242 g/mol. The van der Waals surface area contributed by atoms with Gasteiger partial charge in [-0.15, -0.1) is 0 Å². The van der Waals surface area contributed by atoms with Gasteiger partial charge >= 0.3 is 0 Å². The molecule has 0 saturated heterocycles. The lowest BCUT2D eigenvalue weighted by Crippen LogP contribution is -2.18. The van der Waals surface area contributed by atoms with Gasteiger partial charge in [0.15, 0.2) is 0 Å². The fourth-order valence-electron chi connectivity index (χ4n) is 2.25. The average Bonchev–Trinajstić information content (AvgIpc) is 2.45. The zero-order chi connectivity index (χ0) is 14.6. The van der Waals surface area contributed by atoms with Gasteiger partial charge < -0.3 is 5.32 Å². The molecule has 2 aromatic carbocycles. The zero-order valence-electron chi connectivity index (χ0n) is 13.0. The highest BCUT2D eigenvalue weighted by atomic mass is 14.9. The molecule has 106 valence electrons. The number of hydrogen-bond acceptors (Lipinski definition) is 1. The van der Waals surface area contributed by atoms with Gasteiger partial charge in [-0.1, -0.05) is 75.4 Å². The van der Waals surface area contributed by atoms with Crippen LogP contribution in [-0.4, -0.2) is 0 Å². The lowest BCUT2D eigenvalue weighted by molar-refractivity contribution is 0.572. The first-order chi connectivity index (χ1) is 9.47. The summed E-state index contributed by atoms with van der Waals surface area (Å²) in [5.41, 5.74) is 4.28. The summed E-state index contributed by atoms with van der Waals surface area (Å²) in [6, 6.07) is 19.9. The Kier molecular flexibility index (Phi) is 4.61. The third-order valence-electron chi connectivity index (χ3n) is 3.73. The number of rotatable bonds is 4. The van der Waals surface area contributed by atoms with E-state index in [1.165, 1.54) is 16.7 Å². The lowest BCUT2D eigenvalue weighted by Gasteiger charge is -2.19. The van der Waals surface area contributed by atoms with Gasteiger partial charge in [0.05, 0.1) is 0 Å². The second-order valence-electron chi connectivity index (χ2n) is 6.46. The van der Waals surface area contributed by atoms with Crippen LogP contribution >= 0.6 is 0 Å². The Morgan fingerprint density at radius 3 is 2.05 bits per heavy atom. The van der Waals surface area contributed by atoms with Gasteiger partial charge in [0.2, 0.25) is 0 Å². The van der Waals surface area contributed by atoms with Gasteiger partial charge in [0.25, 0.3) is 0 Å². The number of nitrogens with one attached hydrogen (secondary N) is 1. The minimum Gasteiger partial charge on any atom is -0.306 e. The van der Waals surface area contributed by atoms with E-state index in [2.05, 4.69) is 87.6 Å². The van der Waals surface area contributed by atoms with E-state index in [-0.39, 0.29) is 5.41 Å². The molecule has 1 heteroatoms. The van der Waals surface area contributed by atoms with Crippen LogP contribution in [0.25, 0.3) is 0 Å². The standard InChI is InChI=1S/C19H25N/c1-15(17-8-6-5-7-9-17)20-14-16-10-12-18(13-11-16)19(2,3)4/h5-13,15,20H,14H2,1-4H3. The highest BCUT2D eigenvalue weighted by molar-refractivity contribution is 5.27. The summed E-state index contributed by atoms with van der Waals surface area (Å²) in [5, 5.41) is 3.57. The van der Waals surface area contributed by atoms with Crippen molar-refractivity contribution < 1.29 is 0 Å². The van der Waals surface area contributed by atoms with Crippen molar-refractivity contribution in [1.82, 2.24) is 5.32 Å². The predicted octanol–water partition coefficient (Wildman–Crippen LogP) is 4.83. The number of benzene rings is 2. The van der Waals surface area contributed by atoms with E-state index in [1.54, 1.807) is 0 Å². The zero-order valence-corrected chi connectivity index (χ0v) is 13.0. The van der Waals surface area contributed by atoms with Crippen LogP contribution < -0.4 is 5.32 Å². The molecule has 1 nitrogen and oxygen atoms in total. The van der Waals surface area contributed by atoms with E-state index in [0.717, 1.165) is 6.54 Å². The molecule has 0 saturated carbocycles. The topological polar surface area (TPSA) is 12.0 Å². The van der Waals surface area contributed by atoms with Crippen LogP contribution in [0.4, 0.5) is 0 Å². The summed E-state index contributed by atoms with van der Waals surface area (Å²) in [6.07, 6.45) is 0. The summed E-state index contributed by atoms with van der Waals surface area (Å²) in [6.45, 7) is 9.85. The van der Waals surface area contributed by atoms with E-state index in [9.17, 15) is 0 Å². The van der Waals surface area contributed by atoms with Gasteiger partial charge in [-0.25, -0.2) is 0 Å². The Labute approximate surface area is 123 Å². The Hall–Kier alpha value is -1.60. The summed E-state index contributed by atoms with van der Waals surface area (Å²) in [4.78, 5) is 0. The third kappa shape index (κ3) is 3.94. The molecule has 0 aliphatic heterocycles. The minimum absolute atomic E-state index is 0.225. The van der Waals surface area contributed by atoms with Gasteiger partial charge in [-0.2, -0.15) is 0 Å². The molecule has 2 rings (SSSR count). The van der Waals surface area contributed by atoms with Crippen molar-refractivity contribution in [2.75, 3.05) is 0 Å². The highest BCUT2D eigenvalue weighted by Gasteiger charge is 2.12. The quantitative estimate of drug-likeness (QED) is 0.836. The monoisotopic (exact) mass is 267 g/mol. The van der Waals surface area contributed by atoms with Gasteiger partial charge in [-0.05, 0) is 29.0 Å². The van der Waals surface area contributed by atoms with Crippen molar-refractivity contribution in [3.63, 3.8) is 0 Å². The highest BCUT2D eigenvalue weighted by Crippen LogP contribution is 2.22. The van der Waals surface area contributed by atoms with Crippen LogP contribution in [0, 0.1) is 0 Å². The second kappa shape index (κ2) is 6.23. The van der Waals surface area contributed by atoms with E-state index in [1.807, 2.05) is 0 Å². The van der Waals surface area contributed by atoms with Crippen molar-refractivity contribution in [2.24, 2.45) is 0 Å². The molecular formula is C19H25N. The molecule has 2 aromatic rings. The summed E-state index contributed by atoms with van der Waals surface area (Å²) in [5.74, 6) is 0. The summed E-state index contributed by atoms with van der Waals surface area (Å²) >= 11 is 0. The summed E-state index contributed by atoms with van der Waals surface area (Å²) in [7, 11) is 0. The molecule has 1 N–H and O–H groups in total. The molecule has 0 aliphatic carbocycles. The molecule has 0 heterocycles. The van der Waals surface area contributed by atoms with Crippen molar-refractivity contribution in [2.45, 2.75) is 45.7 Å². The van der Waals surface area contributed by atoms with E-state index in [4.69, 9.17) is 0 Å². The van der Waals surface area contributed by atoms with Crippen LogP contribution in [0.2, 0.25) is 0 Å². The van der Waals surface area contributed by atoms with Gasteiger partial charge in [0.1, 0.15) is 0 Å². The smallest absolute Gasteiger partial charge is 0.0294 e. The van der Waals surface area contributed by atoms with Crippen LogP contribution in [0.1, 0.15) is 50.4 Å². The van der Waals surface area contributed by atoms with E-state index in [0.29, 0.717) is 6.04 Å². The molecule has 0 aromatic heterocycles. The van der Waals surface area contributed by atoms with Crippen molar-refractivity contribution in [3.05, 3.63) is 71.3 Å². The molecule has 0 amide bonds. The maximum absolute atomic E-state index is 3.57. The van der Waals surface area contributed by atoms with Gasteiger partial charge in [0, 0.05) is 12.6 Å². The molecule has 0 fully saturated rings. The number of hydrogen-bond donors (Lipinski definition) is 1. The van der Waals surface area contributed by atoms with Crippen LogP contribution in [0.5, 0.6) is 0 Å². The average molecular weight is 267 g/mol. The van der Waals surface area contributed by atoms with Crippen molar-refractivity contribution in [3.8, 4) is 0 Å². The molecule has 1 unspecified atom stereocenters. The normalized spacial score (nSPS) is 13.2. The molecule has 0 radical (unpaired) electrons. The first-order valence-corrected chi connectivity index (χ1v) is 7.34. The Morgan fingerprint density at radius 1 is 0.900 bits per heavy atom. The van der Waals surface area contributed by atoms with Crippen LogP contribution in [0.15, 0.2) is 54.6 Å². The van der Waals surface area contributed by atoms with E-state index < -0.39 is 0 Å². The SMILES string of the molecule is CC(NCc1ccc(C(C)(C)C)cc1)c1ccccc1. The molecule has 20 heavy (non-hydrogen) atoms. The second-order valence-corrected chi connectivity index (χ2v) is 6.46.